The molecule has 0 aromatic carbocycles. The summed E-state index contributed by atoms with van der Waals surface area (Å²) < 4.78 is 0. The molecular weight excluding hydrogens is 505 g/mol. The summed E-state index contributed by atoms with van der Waals surface area (Å²) in [7, 11) is 0.843. The Labute approximate surface area is 237 Å². The summed E-state index contributed by atoms with van der Waals surface area (Å²) in [4.78, 5) is 0. The zero-order valence-electron chi connectivity index (χ0n) is 25.1. The van der Waals surface area contributed by atoms with Gasteiger partial charge in [-0.25, -0.2) is 0 Å². The van der Waals surface area contributed by atoms with E-state index in [1.54, 1.807) is 37.0 Å². The van der Waals surface area contributed by atoms with Crippen molar-refractivity contribution in [1.82, 2.24) is 0 Å². The molecule has 0 nitrogen and oxygen atoms in total. The van der Waals surface area contributed by atoms with Gasteiger partial charge in [-0.2, -0.15) is 0 Å². The molecule has 1 aliphatic rings. The smallest absolute Gasteiger partial charge is 0 e. The molecule has 0 atom stereocenters. The van der Waals surface area contributed by atoms with Gasteiger partial charge >= 0.3 is 0 Å². The Morgan fingerprint density at radius 3 is 0.686 bits per heavy atom. The van der Waals surface area contributed by atoms with Crippen LogP contribution >= 0.6 is 15.8 Å². The summed E-state index contributed by atoms with van der Waals surface area (Å²) in [6.45, 7) is 13.9. The van der Waals surface area contributed by atoms with E-state index in [0.29, 0.717) is 15.8 Å². The van der Waals surface area contributed by atoms with Crippen molar-refractivity contribution < 1.29 is 16.5 Å². The van der Waals surface area contributed by atoms with Crippen LogP contribution in [-0.2, 0) is 16.5 Å². The van der Waals surface area contributed by atoms with Crippen LogP contribution < -0.4 is 0 Å². The largest absolute Gasteiger partial charge is 0.107 e. The van der Waals surface area contributed by atoms with Gasteiger partial charge in [-0.3, -0.25) is 0 Å². The van der Waals surface area contributed by atoms with Crippen LogP contribution in [-0.4, -0.2) is 37.0 Å². The number of hydrogen-bond donors (Lipinski definition) is 0. The van der Waals surface area contributed by atoms with Crippen LogP contribution in [0.5, 0.6) is 0 Å². The van der Waals surface area contributed by atoms with Crippen LogP contribution in [0.4, 0.5) is 0 Å². The van der Waals surface area contributed by atoms with E-state index >= 15 is 0 Å². The summed E-state index contributed by atoms with van der Waals surface area (Å²) in [5, 5.41) is 0. The van der Waals surface area contributed by atoms with Gasteiger partial charge in [-0.15, -0.1) is 15.8 Å². The fourth-order valence-electron chi connectivity index (χ4n) is 3.82. The molecule has 35 heavy (non-hydrogen) atoms. The fraction of sp³-hybridized carbons (Fsp3) is 0.875. The first kappa shape index (κ1) is 40.3. The van der Waals surface area contributed by atoms with Gasteiger partial charge in [0.25, 0.3) is 0 Å². The molecule has 0 aromatic rings. The molecular formula is C32H66NiP2. The van der Waals surface area contributed by atoms with Crippen molar-refractivity contribution in [2.45, 2.75) is 144 Å². The molecule has 0 spiro atoms. The predicted octanol–water partition coefficient (Wildman–Crippen LogP) is 12.4. The number of allylic oxidation sites excluding steroid dienone is 4. The first-order valence-electron chi connectivity index (χ1n) is 15.4. The van der Waals surface area contributed by atoms with E-state index in [1.807, 2.05) is 0 Å². The standard InChI is InChI=1S/2C12H27P.C8H12.Ni/c2*1-4-7-10-13(11-8-5-2)12-9-6-3;1-2-4-6-8-7-5-3-1;/h2*4-12H2,1-3H3;1-2,7-8H,3-6H2;/b;;2-1-,8-7-;. The number of hydrogen-bond acceptors (Lipinski definition) is 0. The Morgan fingerprint density at radius 2 is 0.543 bits per heavy atom. The molecule has 0 N–H and O–H groups in total. The van der Waals surface area contributed by atoms with E-state index in [2.05, 4.69) is 65.8 Å². The number of unbranched alkanes of at least 4 members (excludes halogenated alkanes) is 6. The number of rotatable bonds is 18. The van der Waals surface area contributed by atoms with Gasteiger partial charge in [0.1, 0.15) is 0 Å². The van der Waals surface area contributed by atoms with Gasteiger partial charge in [0.15, 0.2) is 0 Å². The molecule has 0 amide bonds. The fourth-order valence-corrected chi connectivity index (χ4v) is 9.74. The maximum atomic E-state index is 2.31. The maximum Gasteiger partial charge on any atom is 0 e. The molecule has 214 valence electrons. The minimum absolute atomic E-state index is 0. The van der Waals surface area contributed by atoms with Crippen molar-refractivity contribution in [2.24, 2.45) is 0 Å². The van der Waals surface area contributed by atoms with Crippen molar-refractivity contribution in [3.05, 3.63) is 24.3 Å². The van der Waals surface area contributed by atoms with Crippen LogP contribution in [0, 0.1) is 0 Å². The minimum Gasteiger partial charge on any atom is -0.107 e. The minimum atomic E-state index is 0. The third-order valence-corrected chi connectivity index (χ3v) is 12.0. The van der Waals surface area contributed by atoms with Crippen molar-refractivity contribution >= 4 is 15.8 Å². The summed E-state index contributed by atoms with van der Waals surface area (Å²) in [5.74, 6) is 0. The zero-order chi connectivity index (χ0) is 25.5. The molecule has 3 heteroatoms. The Morgan fingerprint density at radius 1 is 0.371 bits per heavy atom. The summed E-state index contributed by atoms with van der Waals surface area (Å²) >= 11 is 0. The van der Waals surface area contributed by atoms with Crippen LogP contribution in [0.3, 0.4) is 0 Å². The Hall–Kier alpha value is 0.834. The van der Waals surface area contributed by atoms with E-state index in [4.69, 9.17) is 0 Å². The second-order valence-corrected chi connectivity index (χ2v) is 15.3. The van der Waals surface area contributed by atoms with E-state index in [0.717, 1.165) is 0 Å². The van der Waals surface area contributed by atoms with E-state index < -0.39 is 0 Å². The molecule has 0 unspecified atom stereocenters. The van der Waals surface area contributed by atoms with E-state index in [1.165, 1.54) is 103 Å². The first-order chi connectivity index (χ1) is 16.7. The van der Waals surface area contributed by atoms with Crippen molar-refractivity contribution in [3.8, 4) is 0 Å². The van der Waals surface area contributed by atoms with Crippen LogP contribution in [0.25, 0.3) is 0 Å². The topological polar surface area (TPSA) is 0 Å². The van der Waals surface area contributed by atoms with Crippen molar-refractivity contribution in [3.63, 3.8) is 0 Å². The molecule has 0 radical (unpaired) electrons. The molecule has 1 rings (SSSR count). The summed E-state index contributed by atoms with van der Waals surface area (Å²) in [6.07, 6.45) is 40.4. The maximum absolute atomic E-state index is 2.31. The average molecular weight is 572 g/mol. The Balaban J connectivity index is -0.000000444. The van der Waals surface area contributed by atoms with Crippen LogP contribution in [0.15, 0.2) is 24.3 Å². The Kier molecular flexibility index (Phi) is 42.6. The van der Waals surface area contributed by atoms with Crippen molar-refractivity contribution in [2.75, 3.05) is 37.0 Å². The van der Waals surface area contributed by atoms with Crippen LogP contribution in [0.2, 0.25) is 0 Å². The molecule has 0 heterocycles. The summed E-state index contributed by atoms with van der Waals surface area (Å²) in [5.41, 5.74) is 0. The molecule has 0 aliphatic heterocycles. The first-order valence-corrected chi connectivity index (χ1v) is 19.2. The normalized spacial score (nSPS) is 14.6. The predicted molar refractivity (Wildman–Crippen MR) is 169 cm³/mol. The van der Waals surface area contributed by atoms with E-state index in [-0.39, 0.29) is 16.5 Å². The van der Waals surface area contributed by atoms with Gasteiger partial charge in [0, 0.05) is 16.5 Å². The quantitative estimate of drug-likeness (QED) is 0.0872. The van der Waals surface area contributed by atoms with Crippen molar-refractivity contribution in [1.29, 1.82) is 0 Å². The monoisotopic (exact) mass is 570 g/mol. The summed E-state index contributed by atoms with van der Waals surface area (Å²) in [6, 6.07) is 0. The van der Waals surface area contributed by atoms with E-state index in [9.17, 15) is 0 Å². The Bertz CT molecular complexity index is 320. The molecule has 0 saturated heterocycles. The zero-order valence-corrected chi connectivity index (χ0v) is 27.9. The molecule has 0 aromatic heterocycles. The average Bonchev–Trinajstić information content (AvgIpc) is 2.83. The second kappa shape index (κ2) is 37.0. The molecule has 0 fully saturated rings. The van der Waals surface area contributed by atoms with Gasteiger partial charge in [-0.1, -0.05) is 104 Å². The third-order valence-electron chi connectivity index (χ3n) is 6.30. The van der Waals surface area contributed by atoms with Gasteiger partial charge in [0.2, 0.25) is 0 Å². The third kappa shape index (κ3) is 34.8. The van der Waals surface area contributed by atoms with Crippen LogP contribution in [0.1, 0.15) is 144 Å². The van der Waals surface area contributed by atoms with Gasteiger partial charge in [-0.05, 0) is 101 Å². The molecule has 0 saturated carbocycles. The van der Waals surface area contributed by atoms with Gasteiger partial charge in [0.05, 0.1) is 0 Å². The second-order valence-electron chi connectivity index (χ2n) is 9.90. The molecule has 1 aliphatic carbocycles. The SMILES string of the molecule is C1=C\CC/C=C\CC/1.CCCCP(CCCC)CCCC.CCCCP(CCCC)CCCC.[Ni]. The molecule has 0 bridgehead atoms. The van der Waals surface area contributed by atoms with Gasteiger partial charge < -0.3 is 0 Å².